The largest absolute Gasteiger partial charge is 0.481 e. The molecule has 1 aliphatic rings. The van der Waals surface area contributed by atoms with Crippen LogP contribution in [0.15, 0.2) is 0 Å². The second-order valence-electron chi connectivity index (χ2n) is 2.47. The van der Waals surface area contributed by atoms with Gasteiger partial charge in [0, 0.05) is 13.1 Å². The Kier molecular flexibility index (Phi) is 2.65. The highest BCUT2D eigenvalue weighted by atomic mass is 16.4. The first-order chi connectivity index (χ1) is 4.80. The van der Waals surface area contributed by atoms with Gasteiger partial charge in [-0.15, -0.1) is 0 Å². The average molecular weight is 144 g/mol. The molecule has 0 aliphatic carbocycles. The van der Waals surface area contributed by atoms with E-state index in [1.165, 1.54) is 0 Å². The smallest absolute Gasteiger partial charge is 0.306 e. The van der Waals surface area contributed by atoms with Gasteiger partial charge >= 0.3 is 5.97 Å². The van der Waals surface area contributed by atoms with Crippen molar-refractivity contribution in [2.75, 3.05) is 13.1 Å². The zero-order chi connectivity index (χ0) is 7.40. The van der Waals surface area contributed by atoms with E-state index in [1.807, 2.05) is 0 Å². The summed E-state index contributed by atoms with van der Waals surface area (Å²) in [5.41, 5.74) is 5.84. The first kappa shape index (κ1) is 7.50. The Morgan fingerprint density at radius 2 is 1.80 bits per heavy atom. The molecule has 0 unspecified atom stereocenters. The van der Waals surface area contributed by atoms with Gasteiger partial charge in [0.05, 0.1) is 5.92 Å². The van der Waals surface area contributed by atoms with E-state index in [1.54, 1.807) is 0 Å². The van der Waals surface area contributed by atoms with Crippen LogP contribution in [-0.2, 0) is 4.79 Å². The lowest BCUT2D eigenvalue weighted by molar-refractivity contribution is -0.141. The Labute approximate surface area is 59.6 Å². The minimum atomic E-state index is -0.675. The fourth-order valence-corrected chi connectivity index (χ4v) is 1.06. The molecule has 0 bridgehead atoms. The van der Waals surface area contributed by atoms with Crippen LogP contribution >= 0.6 is 0 Å². The molecule has 4 nitrogen and oxygen atoms in total. The van der Waals surface area contributed by atoms with Gasteiger partial charge < -0.3 is 5.11 Å². The van der Waals surface area contributed by atoms with Gasteiger partial charge in [-0.05, 0) is 12.8 Å². The Morgan fingerprint density at radius 3 is 2.20 bits per heavy atom. The molecule has 0 spiro atoms. The maximum Gasteiger partial charge on any atom is 0.306 e. The standard InChI is InChI=1S/C6H12N2O2/c9-6(10)5-1-3-7-8-4-2-5/h5,7-8H,1-4H2,(H,9,10). The molecular formula is C6H12N2O2. The van der Waals surface area contributed by atoms with Crippen molar-refractivity contribution in [2.24, 2.45) is 5.92 Å². The van der Waals surface area contributed by atoms with Crippen LogP contribution in [0.3, 0.4) is 0 Å². The summed E-state index contributed by atoms with van der Waals surface area (Å²) < 4.78 is 0. The summed E-state index contributed by atoms with van der Waals surface area (Å²) in [7, 11) is 0. The number of hydrogen-bond acceptors (Lipinski definition) is 3. The van der Waals surface area contributed by atoms with Crippen molar-refractivity contribution in [3.8, 4) is 0 Å². The number of hydrazine groups is 1. The number of hydrogen-bond donors (Lipinski definition) is 3. The molecule has 0 radical (unpaired) electrons. The molecule has 10 heavy (non-hydrogen) atoms. The maximum atomic E-state index is 10.5. The number of carboxylic acid groups (broad SMARTS) is 1. The summed E-state index contributed by atoms with van der Waals surface area (Å²) >= 11 is 0. The second kappa shape index (κ2) is 3.53. The minimum absolute atomic E-state index is 0.164. The fraction of sp³-hybridized carbons (Fsp3) is 0.833. The van der Waals surface area contributed by atoms with Gasteiger partial charge in [0.25, 0.3) is 0 Å². The van der Waals surface area contributed by atoms with Gasteiger partial charge in [-0.2, -0.15) is 0 Å². The van der Waals surface area contributed by atoms with Crippen LogP contribution in [-0.4, -0.2) is 24.2 Å². The summed E-state index contributed by atoms with van der Waals surface area (Å²) in [5, 5.41) is 8.61. The Morgan fingerprint density at radius 1 is 1.30 bits per heavy atom. The molecule has 0 atom stereocenters. The molecule has 4 heteroatoms. The first-order valence-corrected chi connectivity index (χ1v) is 3.49. The summed E-state index contributed by atoms with van der Waals surface area (Å²) in [4.78, 5) is 10.5. The molecule has 1 heterocycles. The summed E-state index contributed by atoms with van der Waals surface area (Å²) in [6.07, 6.45) is 1.45. The van der Waals surface area contributed by atoms with Gasteiger partial charge in [0.2, 0.25) is 0 Å². The third-order valence-corrected chi connectivity index (χ3v) is 1.71. The monoisotopic (exact) mass is 144 g/mol. The number of carbonyl (C=O) groups is 1. The Hall–Kier alpha value is -0.610. The van der Waals surface area contributed by atoms with Crippen molar-refractivity contribution in [2.45, 2.75) is 12.8 Å². The topological polar surface area (TPSA) is 61.4 Å². The lowest BCUT2D eigenvalue weighted by Crippen LogP contribution is -2.30. The number of nitrogens with one attached hydrogen (secondary N) is 2. The summed E-state index contributed by atoms with van der Waals surface area (Å²) in [5.74, 6) is -0.840. The average Bonchev–Trinajstić information content (AvgIpc) is 2.12. The van der Waals surface area contributed by atoms with Crippen LogP contribution in [0, 0.1) is 5.92 Å². The van der Waals surface area contributed by atoms with Crippen molar-refractivity contribution in [1.29, 1.82) is 0 Å². The van der Waals surface area contributed by atoms with E-state index in [0.29, 0.717) is 0 Å². The van der Waals surface area contributed by atoms with E-state index in [-0.39, 0.29) is 5.92 Å². The highest BCUT2D eigenvalue weighted by molar-refractivity contribution is 5.69. The molecule has 0 amide bonds. The van der Waals surface area contributed by atoms with Crippen LogP contribution in [0.2, 0.25) is 0 Å². The van der Waals surface area contributed by atoms with E-state index in [4.69, 9.17) is 5.11 Å². The van der Waals surface area contributed by atoms with Crippen LogP contribution in [0.5, 0.6) is 0 Å². The summed E-state index contributed by atoms with van der Waals surface area (Å²) in [6, 6.07) is 0. The number of aliphatic carboxylic acids is 1. The van der Waals surface area contributed by atoms with Gasteiger partial charge in [-0.25, -0.2) is 0 Å². The minimum Gasteiger partial charge on any atom is -0.481 e. The number of carboxylic acids is 1. The highest BCUT2D eigenvalue weighted by Crippen LogP contribution is 2.08. The summed E-state index contributed by atoms with van der Waals surface area (Å²) in [6.45, 7) is 1.49. The molecule has 0 aromatic heterocycles. The normalized spacial score (nSPS) is 22.0. The molecule has 0 saturated carbocycles. The quantitative estimate of drug-likeness (QED) is 0.467. The second-order valence-corrected chi connectivity index (χ2v) is 2.47. The molecule has 3 N–H and O–H groups in total. The third kappa shape index (κ3) is 1.97. The first-order valence-electron chi connectivity index (χ1n) is 3.49. The molecule has 1 rings (SSSR count). The van der Waals surface area contributed by atoms with Crippen LogP contribution in [0.25, 0.3) is 0 Å². The van der Waals surface area contributed by atoms with Crippen molar-refractivity contribution in [1.82, 2.24) is 10.9 Å². The van der Waals surface area contributed by atoms with Crippen LogP contribution in [0.4, 0.5) is 0 Å². The Balaban J connectivity index is 2.35. The van der Waals surface area contributed by atoms with Crippen LogP contribution in [0.1, 0.15) is 12.8 Å². The lowest BCUT2D eigenvalue weighted by Gasteiger charge is -2.04. The van der Waals surface area contributed by atoms with E-state index >= 15 is 0 Å². The molecule has 1 aliphatic heterocycles. The third-order valence-electron chi connectivity index (χ3n) is 1.71. The molecular weight excluding hydrogens is 132 g/mol. The number of rotatable bonds is 1. The van der Waals surface area contributed by atoms with Gasteiger partial charge in [-0.1, -0.05) is 0 Å². The van der Waals surface area contributed by atoms with Gasteiger partial charge in [-0.3, -0.25) is 15.6 Å². The zero-order valence-corrected chi connectivity index (χ0v) is 5.76. The van der Waals surface area contributed by atoms with Crippen LogP contribution < -0.4 is 10.9 Å². The molecule has 1 saturated heterocycles. The van der Waals surface area contributed by atoms with Crippen molar-refractivity contribution < 1.29 is 9.90 Å². The van der Waals surface area contributed by atoms with E-state index in [0.717, 1.165) is 25.9 Å². The highest BCUT2D eigenvalue weighted by Gasteiger charge is 2.17. The Bertz CT molecular complexity index is 119. The van der Waals surface area contributed by atoms with Crippen molar-refractivity contribution in [3.05, 3.63) is 0 Å². The molecule has 1 fully saturated rings. The predicted molar refractivity (Wildman–Crippen MR) is 36.4 cm³/mol. The predicted octanol–water partition coefficient (Wildman–Crippen LogP) is -0.425. The van der Waals surface area contributed by atoms with Crippen molar-refractivity contribution >= 4 is 5.97 Å². The molecule has 58 valence electrons. The molecule has 0 aromatic carbocycles. The maximum absolute atomic E-state index is 10.5. The SMILES string of the molecule is O=C(O)C1CCNNCC1. The van der Waals surface area contributed by atoms with E-state index < -0.39 is 5.97 Å². The van der Waals surface area contributed by atoms with Crippen molar-refractivity contribution in [3.63, 3.8) is 0 Å². The van der Waals surface area contributed by atoms with Gasteiger partial charge in [0.1, 0.15) is 0 Å². The van der Waals surface area contributed by atoms with Gasteiger partial charge in [0.15, 0.2) is 0 Å². The zero-order valence-electron chi connectivity index (χ0n) is 5.76. The van der Waals surface area contributed by atoms with E-state index in [9.17, 15) is 4.79 Å². The fourth-order valence-electron chi connectivity index (χ4n) is 1.06. The molecule has 0 aromatic rings. The lowest BCUT2D eigenvalue weighted by atomic mass is 10.0. The van der Waals surface area contributed by atoms with E-state index in [2.05, 4.69) is 10.9 Å².